The molecule has 4 N–H and O–H groups in total. The van der Waals surface area contributed by atoms with Crippen LogP contribution in [0.4, 0.5) is 4.39 Å². The number of rotatable bonds is 7. The highest BCUT2D eigenvalue weighted by Crippen LogP contribution is 2.47. The smallest absolute Gasteiger partial charge is 0.251 e. The molecule has 1 saturated carbocycles. The summed E-state index contributed by atoms with van der Waals surface area (Å²) in [5.41, 5.74) is 7.22. The minimum atomic E-state index is -0.610. The number of halogens is 1. The van der Waals surface area contributed by atoms with Crippen molar-refractivity contribution in [2.24, 2.45) is 11.7 Å². The Hall–Kier alpha value is -3.22. The Morgan fingerprint density at radius 1 is 1.00 bits per heavy atom. The third-order valence-corrected chi connectivity index (χ3v) is 4.53. The summed E-state index contributed by atoms with van der Waals surface area (Å²) in [6, 6.07) is 13.0. The van der Waals surface area contributed by atoms with Gasteiger partial charge in [0.15, 0.2) is 0 Å². The van der Waals surface area contributed by atoms with Crippen molar-refractivity contribution in [3.05, 3.63) is 71.0 Å². The predicted octanol–water partition coefficient (Wildman–Crippen LogP) is 1.46. The molecule has 0 saturated heterocycles. The molecular formula is C20H20FN3O3. The van der Waals surface area contributed by atoms with Crippen LogP contribution in [0, 0.1) is 11.7 Å². The van der Waals surface area contributed by atoms with E-state index in [2.05, 4.69) is 10.6 Å². The zero-order valence-corrected chi connectivity index (χ0v) is 14.6. The van der Waals surface area contributed by atoms with Crippen molar-refractivity contribution >= 4 is 17.7 Å². The first kappa shape index (κ1) is 18.6. The average molecular weight is 369 g/mol. The number of nitrogens with two attached hydrogens (primary N) is 1. The summed E-state index contributed by atoms with van der Waals surface area (Å²) in [5, 5.41) is 5.29. The predicted molar refractivity (Wildman–Crippen MR) is 97.1 cm³/mol. The van der Waals surface area contributed by atoms with Crippen molar-refractivity contribution in [2.75, 3.05) is 6.54 Å². The van der Waals surface area contributed by atoms with Crippen molar-refractivity contribution in [3.63, 3.8) is 0 Å². The molecule has 1 fully saturated rings. The third-order valence-electron chi connectivity index (χ3n) is 4.53. The van der Waals surface area contributed by atoms with Crippen LogP contribution in [0.3, 0.4) is 0 Å². The topological polar surface area (TPSA) is 101 Å². The Labute approximate surface area is 155 Å². The normalized spacial score (nSPS) is 17.8. The largest absolute Gasteiger partial charge is 0.368 e. The van der Waals surface area contributed by atoms with E-state index in [-0.39, 0.29) is 36.0 Å². The molecule has 2 aromatic rings. The number of hydrogen-bond acceptors (Lipinski definition) is 3. The van der Waals surface area contributed by atoms with Crippen molar-refractivity contribution in [1.82, 2.24) is 10.6 Å². The van der Waals surface area contributed by atoms with Crippen molar-refractivity contribution < 1.29 is 18.8 Å². The fraction of sp³-hybridized carbons (Fsp3) is 0.250. The van der Waals surface area contributed by atoms with Gasteiger partial charge in [-0.1, -0.05) is 24.3 Å². The van der Waals surface area contributed by atoms with Crippen LogP contribution in [0.2, 0.25) is 0 Å². The Morgan fingerprint density at radius 3 is 2.30 bits per heavy atom. The Bertz CT molecular complexity index is 850. The monoisotopic (exact) mass is 369 g/mol. The lowest BCUT2D eigenvalue weighted by Gasteiger charge is -2.07. The second-order valence-corrected chi connectivity index (χ2v) is 6.56. The van der Waals surface area contributed by atoms with Crippen LogP contribution in [0.25, 0.3) is 0 Å². The van der Waals surface area contributed by atoms with Gasteiger partial charge >= 0.3 is 0 Å². The van der Waals surface area contributed by atoms with Gasteiger partial charge in [-0.05, 0) is 47.7 Å². The standard InChI is InChI=1S/C20H20FN3O3/c21-15-7-5-13(6-8-15)16-9-17(16)20(27)23-10-12-1-3-14(4-2-12)19(26)24-11-18(22)25/h1-8,16-17H,9-11H2,(H2,22,25)(H,23,27)(H,24,26). The van der Waals surface area contributed by atoms with Gasteiger partial charge in [-0.2, -0.15) is 0 Å². The summed E-state index contributed by atoms with van der Waals surface area (Å²) in [6.07, 6.45) is 0.760. The van der Waals surface area contributed by atoms with Gasteiger partial charge in [0.25, 0.3) is 5.91 Å². The lowest BCUT2D eigenvalue weighted by molar-refractivity contribution is -0.122. The highest BCUT2D eigenvalue weighted by atomic mass is 19.1. The number of carbonyl (C=O) groups excluding carboxylic acids is 3. The minimum Gasteiger partial charge on any atom is -0.368 e. The van der Waals surface area contributed by atoms with Gasteiger partial charge in [-0.25, -0.2) is 4.39 Å². The Morgan fingerprint density at radius 2 is 1.67 bits per heavy atom. The van der Waals surface area contributed by atoms with E-state index >= 15 is 0 Å². The second-order valence-electron chi connectivity index (χ2n) is 6.56. The van der Waals surface area contributed by atoms with E-state index in [1.54, 1.807) is 36.4 Å². The molecule has 2 atom stereocenters. The van der Waals surface area contributed by atoms with Crippen molar-refractivity contribution in [2.45, 2.75) is 18.9 Å². The first-order chi connectivity index (χ1) is 12.9. The first-order valence-electron chi connectivity index (χ1n) is 8.62. The molecule has 0 aromatic heterocycles. The molecule has 7 heteroatoms. The molecule has 0 bridgehead atoms. The van der Waals surface area contributed by atoms with Crippen LogP contribution < -0.4 is 16.4 Å². The van der Waals surface area contributed by atoms with Crippen LogP contribution in [-0.2, 0) is 16.1 Å². The van der Waals surface area contributed by atoms with Crippen molar-refractivity contribution in [3.8, 4) is 0 Å². The number of benzene rings is 2. The highest BCUT2D eigenvalue weighted by Gasteiger charge is 2.43. The number of nitrogens with one attached hydrogen (secondary N) is 2. The van der Waals surface area contributed by atoms with Crippen molar-refractivity contribution in [1.29, 1.82) is 0 Å². The molecule has 6 nitrogen and oxygen atoms in total. The summed E-state index contributed by atoms with van der Waals surface area (Å²) in [5.74, 6) is -1.26. The fourth-order valence-electron chi connectivity index (χ4n) is 2.93. The fourth-order valence-corrected chi connectivity index (χ4v) is 2.93. The molecule has 27 heavy (non-hydrogen) atoms. The van der Waals surface area contributed by atoms with Crippen LogP contribution in [0.15, 0.2) is 48.5 Å². The molecule has 1 aliphatic rings. The molecule has 3 rings (SSSR count). The molecular weight excluding hydrogens is 349 g/mol. The van der Waals surface area contributed by atoms with E-state index in [9.17, 15) is 18.8 Å². The third kappa shape index (κ3) is 4.91. The van der Waals surface area contributed by atoms with Crippen LogP contribution in [0.1, 0.15) is 33.8 Å². The molecule has 3 amide bonds. The van der Waals surface area contributed by atoms with Gasteiger partial charge in [0, 0.05) is 18.0 Å². The van der Waals surface area contributed by atoms with Gasteiger partial charge in [-0.3, -0.25) is 14.4 Å². The maximum Gasteiger partial charge on any atom is 0.251 e. The Balaban J connectivity index is 1.47. The van der Waals surface area contributed by atoms with Gasteiger partial charge in [0.1, 0.15) is 5.82 Å². The summed E-state index contributed by atoms with van der Waals surface area (Å²) in [6.45, 7) is 0.141. The lowest BCUT2D eigenvalue weighted by Crippen LogP contribution is -2.33. The van der Waals surface area contributed by atoms with E-state index in [1.807, 2.05) is 0 Å². The van der Waals surface area contributed by atoms with E-state index in [4.69, 9.17) is 5.73 Å². The van der Waals surface area contributed by atoms with E-state index in [0.717, 1.165) is 17.5 Å². The second kappa shape index (κ2) is 7.99. The molecule has 0 heterocycles. The number of amides is 3. The molecule has 0 radical (unpaired) electrons. The number of hydrogen-bond donors (Lipinski definition) is 3. The van der Waals surface area contributed by atoms with E-state index in [0.29, 0.717) is 12.1 Å². The van der Waals surface area contributed by atoms with E-state index < -0.39 is 5.91 Å². The van der Waals surface area contributed by atoms with Crippen LogP contribution in [0.5, 0.6) is 0 Å². The quantitative estimate of drug-likeness (QED) is 0.689. The molecule has 0 aliphatic heterocycles. The minimum absolute atomic E-state index is 0.0346. The number of carbonyl (C=O) groups is 3. The Kier molecular flexibility index (Phi) is 5.49. The SMILES string of the molecule is NC(=O)CNC(=O)c1ccc(CNC(=O)C2CC2c2ccc(F)cc2)cc1. The van der Waals surface area contributed by atoms with E-state index in [1.165, 1.54) is 12.1 Å². The molecule has 2 unspecified atom stereocenters. The zero-order chi connectivity index (χ0) is 19.4. The average Bonchev–Trinajstić information content (AvgIpc) is 3.46. The maximum atomic E-state index is 13.0. The lowest BCUT2D eigenvalue weighted by atomic mass is 10.1. The van der Waals surface area contributed by atoms with Gasteiger partial charge in [-0.15, -0.1) is 0 Å². The molecule has 2 aromatic carbocycles. The summed E-state index contributed by atoms with van der Waals surface area (Å²) in [4.78, 5) is 34.7. The maximum absolute atomic E-state index is 13.0. The molecule has 140 valence electrons. The van der Waals surface area contributed by atoms with Gasteiger partial charge in [0.2, 0.25) is 11.8 Å². The summed E-state index contributed by atoms with van der Waals surface area (Å²) in [7, 11) is 0. The number of primary amides is 1. The van der Waals surface area contributed by atoms with Crippen LogP contribution in [-0.4, -0.2) is 24.3 Å². The van der Waals surface area contributed by atoms with Crippen LogP contribution >= 0.6 is 0 Å². The molecule has 1 aliphatic carbocycles. The first-order valence-corrected chi connectivity index (χ1v) is 8.62. The van der Waals surface area contributed by atoms with Gasteiger partial charge < -0.3 is 16.4 Å². The summed E-state index contributed by atoms with van der Waals surface area (Å²) >= 11 is 0. The zero-order valence-electron chi connectivity index (χ0n) is 14.6. The molecule has 0 spiro atoms. The highest BCUT2D eigenvalue weighted by molar-refractivity contribution is 5.96. The van der Waals surface area contributed by atoms with Gasteiger partial charge in [0.05, 0.1) is 6.54 Å². The summed E-state index contributed by atoms with van der Waals surface area (Å²) < 4.78 is 13.0.